The van der Waals surface area contributed by atoms with E-state index < -0.39 is 0 Å². The van der Waals surface area contributed by atoms with E-state index in [2.05, 4.69) is 0 Å². The Bertz CT molecular complexity index is 243. The molecule has 1 saturated heterocycles. The SMILES string of the molecule is CC1CC(C(=O)N(C)C(C)(C)CCl)CO1. The lowest BCUT2D eigenvalue weighted by molar-refractivity contribution is -0.138. The first-order valence-electron chi connectivity index (χ1n) is 5.33. The molecule has 88 valence electrons. The van der Waals surface area contributed by atoms with Crippen molar-refractivity contribution in [2.75, 3.05) is 19.5 Å². The van der Waals surface area contributed by atoms with Gasteiger partial charge >= 0.3 is 0 Å². The van der Waals surface area contributed by atoms with E-state index in [1.54, 1.807) is 4.90 Å². The quantitative estimate of drug-likeness (QED) is 0.697. The number of alkyl halides is 1. The molecule has 0 saturated carbocycles. The summed E-state index contributed by atoms with van der Waals surface area (Å²) in [7, 11) is 1.81. The molecule has 1 aliphatic heterocycles. The van der Waals surface area contributed by atoms with Gasteiger partial charge in [0, 0.05) is 12.9 Å². The van der Waals surface area contributed by atoms with E-state index in [4.69, 9.17) is 16.3 Å². The molecule has 1 rings (SSSR count). The lowest BCUT2D eigenvalue weighted by Crippen LogP contribution is -2.49. The van der Waals surface area contributed by atoms with E-state index in [1.165, 1.54) is 0 Å². The number of nitrogens with zero attached hydrogens (tertiary/aromatic N) is 1. The molecule has 15 heavy (non-hydrogen) atoms. The van der Waals surface area contributed by atoms with Gasteiger partial charge in [-0.25, -0.2) is 0 Å². The Morgan fingerprint density at radius 2 is 2.20 bits per heavy atom. The Morgan fingerprint density at radius 1 is 1.60 bits per heavy atom. The number of rotatable bonds is 3. The van der Waals surface area contributed by atoms with Crippen molar-refractivity contribution in [1.29, 1.82) is 0 Å². The van der Waals surface area contributed by atoms with Crippen LogP contribution < -0.4 is 0 Å². The largest absolute Gasteiger partial charge is 0.378 e. The molecule has 0 N–H and O–H groups in total. The number of carbonyl (C=O) groups excluding carboxylic acids is 1. The molecule has 0 bridgehead atoms. The average molecular weight is 234 g/mol. The Hall–Kier alpha value is -0.280. The molecule has 2 unspecified atom stereocenters. The molecule has 2 atom stereocenters. The predicted octanol–water partition coefficient (Wildman–Crippen LogP) is 1.89. The highest BCUT2D eigenvalue weighted by Gasteiger charge is 2.35. The minimum absolute atomic E-state index is 0.00694. The van der Waals surface area contributed by atoms with Crippen molar-refractivity contribution in [1.82, 2.24) is 4.90 Å². The van der Waals surface area contributed by atoms with E-state index in [-0.39, 0.29) is 23.5 Å². The molecule has 1 heterocycles. The molecule has 1 amide bonds. The van der Waals surface area contributed by atoms with Gasteiger partial charge in [-0.3, -0.25) is 4.79 Å². The zero-order valence-electron chi connectivity index (χ0n) is 9.92. The zero-order chi connectivity index (χ0) is 11.6. The predicted molar refractivity (Wildman–Crippen MR) is 61.1 cm³/mol. The molecular formula is C11H20ClNO2. The molecule has 0 spiro atoms. The zero-order valence-corrected chi connectivity index (χ0v) is 10.7. The van der Waals surface area contributed by atoms with Crippen LogP contribution in [0.3, 0.4) is 0 Å². The van der Waals surface area contributed by atoms with Crippen LogP contribution in [-0.4, -0.2) is 42.0 Å². The summed E-state index contributed by atoms with van der Waals surface area (Å²) < 4.78 is 5.40. The molecule has 1 aliphatic rings. The summed E-state index contributed by atoms with van der Waals surface area (Å²) in [6, 6.07) is 0. The number of ether oxygens (including phenoxy) is 1. The maximum absolute atomic E-state index is 12.1. The van der Waals surface area contributed by atoms with Gasteiger partial charge in [0.1, 0.15) is 0 Å². The van der Waals surface area contributed by atoms with Crippen LogP contribution in [0, 0.1) is 5.92 Å². The van der Waals surface area contributed by atoms with Crippen molar-refractivity contribution in [3.05, 3.63) is 0 Å². The molecule has 0 aromatic carbocycles. The lowest BCUT2D eigenvalue weighted by Gasteiger charge is -2.35. The Labute approximate surface area is 96.7 Å². The maximum Gasteiger partial charge on any atom is 0.228 e. The number of carbonyl (C=O) groups is 1. The number of amides is 1. The van der Waals surface area contributed by atoms with Crippen molar-refractivity contribution in [3.8, 4) is 0 Å². The summed E-state index contributed by atoms with van der Waals surface area (Å²) in [4.78, 5) is 13.8. The highest BCUT2D eigenvalue weighted by Crippen LogP contribution is 2.24. The number of halogens is 1. The van der Waals surface area contributed by atoms with Gasteiger partial charge in [0.25, 0.3) is 0 Å². The lowest BCUT2D eigenvalue weighted by atomic mass is 10.00. The number of hydrogen-bond acceptors (Lipinski definition) is 2. The van der Waals surface area contributed by atoms with Crippen LogP contribution in [0.15, 0.2) is 0 Å². The van der Waals surface area contributed by atoms with Gasteiger partial charge in [0.2, 0.25) is 5.91 Å². The van der Waals surface area contributed by atoms with Crippen molar-refractivity contribution >= 4 is 17.5 Å². The summed E-state index contributed by atoms with van der Waals surface area (Å²) in [6.07, 6.45) is 1.02. The van der Waals surface area contributed by atoms with Crippen molar-refractivity contribution in [3.63, 3.8) is 0 Å². The Kier molecular flexibility index (Phi) is 4.01. The normalized spacial score (nSPS) is 26.7. The van der Waals surface area contributed by atoms with Gasteiger partial charge in [-0.05, 0) is 27.2 Å². The first-order valence-corrected chi connectivity index (χ1v) is 5.87. The van der Waals surface area contributed by atoms with E-state index in [1.807, 2.05) is 27.8 Å². The fourth-order valence-electron chi connectivity index (χ4n) is 1.65. The summed E-state index contributed by atoms with van der Waals surface area (Å²) in [5.41, 5.74) is -0.287. The minimum Gasteiger partial charge on any atom is -0.378 e. The molecule has 0 aromatic rings. The third-order valence-corrected chi connectivity index (χ3v) is 3.77. The molecule has 0 aromatic heterocycles. The Balaban J connectivity index is 2.60. The van der Waals surface area contributed by atoms with Crippen molar-refractivity contribution < 1.29 is 9.53 Å². The van der Waals surface area contributed by atoms with Gasteiger partial charge in [-0.1, -0.05) is 0 Å². The molecular weight excluding hydrogens is 214 g/mol. The summed E-state index contributed by atoms with van der Waals surface area (Å²) in [5.74, 6) is 0.593. The maximum atomic E-state index is 12.1. The molecule has 0 aliphatic carbocycles. The highest BCUT2D eigenvalue weighted by molar-refractivity contribution is 6.18. The monoisotopic (exact) mass is 233 g/mol. The second-order valence-corrected chi connectivity index (χ2v) is 5.19. The second-order valence-electron chi connectivity index (χ2n) is 4.92. The summed E-state index contributed by atoms with van der Waals surface area (Å²) in [5, 5.41) is 0. The van der Waals surface area contributed by atoms with Gasteiger partial charge in [-0.15, -0.1) is 11.6 Å². The second kappa shape index (κ2) is 4.71. The van der Waals surface area contributed by atoms with E-state index in [0.29, 0.717) is 12.5 Å². The van der Waals surface area contributed by atoms with Crippen LogP contribution in [0.1, 0.15) is 27.2 Å². The Morgan fingerprint density at radius 3 is 2.60 bits per heavy atom. The highest BCUT2D eigenvalue weighted by atomic mass is 35.5. The van der Waals surface area contributed by atoms with E-state index in [0.717, 1.165) is 6.42 Å². The van der Waals surface area contributed by atoms with Crippen molar-refractivity contribution in [2.45, 2.75) is 38.8 Å². The van der Waals surface area contributed by atoms with Crippen LogP contribution in [0.25, 0.3) is 0 Å². The molecule has 3 nitrogen and oxygen atoms in total. The molecule has 4 heteroatoms. The van der Waals surface area contributed by atoms with Gasteiger partial charge in [0.05, 0.1) is 24.2 Å². The molecule has 0 radical (unpaired) electrons. The van der Waals surface area contributed by atoms with Gasteiger partial charge < -0.3 is 9.64 Å². The third-order valence-electron chi connectivity index (χ3n) is 3.11. The van der Waals surface area contributed by atoms with Crippen molar-refractivity contribution in [2.24, 2.45) is 5.92 Å². The fourth-order valence-corrected chi connectivity index (χ4v) is 1.83. The summed E-state index contributed by atoms with van der Waals surface area (Å²) >= 11 is 5.84. The standard InChI is InChI=1S/C11H20ClNO2/c1-8-5-9(6-15-8)10(14)13(4)11(2,3)7-12/h8-9H,5-7H2,1-4H3. The third kappa shape index (κ3) is 2.85. The van der Waals surface area contributed by atoms with Gasteiger partial charge in [-0.2, -0.15) is 0 Å². The smallest absolute Gasteiger partial charge is 0.228 e. The molecule has 1 fully saturated rings. The number of hydrogen-bond donors (Lipinski definition) is 0. The van der Waals surface area contributed by atoms with Gasteiger partial charge in [0.15, 0.2) is 0 Å². The van der Waals surface area contributed by atoms with Crippen LogP contribution >= 0.6 is 11.6 Å². The minimum atomic E-state index is -0.287. The summed E-state index contributed by atoms with van der Waals surface area (Å²) in [6.45, 7) is 6.48. The first kappa shape index (κ1) is 12.8. The topological polar surface area (TPSA) is 29.5 Å². The van der Waals surface area contributed by atoms with Crippen LogP contribution in [0.5, 0.6) is 0 Å². The average Bonchev–Trinajstić information content (AvgIpc) is 2.62. The van der Waals surface area contributed by atoms with E-state index >= 15 is 0 Å². The van der Waals surface area contributed by atoms with Crippen LogP contribution in [0.2, 0.25) is 0 Å². The van der Waals surface area contributed by atoms with Crippen LogP contribution in [0.4, 0.5) is 0 Å². The van der Waals surface area contributed by atoms with E-state index in [9.17, 15) is 4.79 Å². The first-order chi connectivity index (χ1) is 6.88. The fraction of sp³-hybridized carbons (Fsp3) is 0.909. The van der Waals surface area contributed by atoms with Crippen LogP contribution in [-0.2, 0) is 9.53 Å².